The highest BCUT2D eigenvalue weighted by molar-refractivity contribution is 5.35. The molecule has 0 atom stereocenters. The fraction of sp³-hybridized carbons (Fsp3) is 0.273. The van der Waals surface area contributed by atoms with Gasteiger partial charge >= 0.3 is 0 Å². The molecule has 2 heterocycles. The summed E-state index contributed by atoms with van der Waals surface area (Å²) in [5, 5.41) is 6.83. The fourth-order valence-corrected chi connectivity index (χ4v) is 1.47. The average Bonchev–Trinajstić information content (AvgIpc) is 2.68. The number of pyridine rings is 1. The summed E-state index contributed by atoms with van der Waals surface area (Å²) in [6.07, 6.45) is 5.31. The molecule has 2 aromatic heterocycles. The van der Waals surface area contributed by atoms with E-state index in [1.54, 1.807) is 10.9 Å². The number of rotatable bonds is 4. The Morgan fingerprint density at radius 3 is 2.82 bits per heavy atom. The summed E-state index contributed by atoms with van der Waals surface area (Å²) in [6, 6.07) is 0.805. The lowest BCUT2D eigenvalue weighted by Crippen LogP contribution is -2.07. The second kappa shape index (κ2) is 4.90. The van der Waals surface area contributed by atoms with Crippen LogP contribution in [-0.2, 0) is 13.5 Å². The van der Waals surface area contributed by atoms with Crippen molar-refractivity contribution >= 4 is 5.82 Å². The zero-order valence-electron chi connectivity index (χ0n) is 9.32. The van der Waals surface area contributed by atoms with Crippen LogP contribution in [0.3, 0.4) is 0 Å². The van der Waals surface area contributed by atoms with Crippen molar-refractivity contribution in [1.29, 1.82) is 0 Å². The van der Waals surface area contributed by atoms with E-state index < -0.39 is 11.6 Å². The molecule has 17 heavy (non-hydrogen) atoms. The molecule has 0 saturated carbocycles. The number of anilines is 1. The average molecular weight is 238 g/mol. The van der Waals surface area contributed by atoms with E-state index in [-0.39, 0.29) is 5.82 Å². The first-order valence-corrected chi connectivity index (χ1v) is 5.17. The summed E-state index contributed by atoms with van der Waals surface area (Å²) in [5.74, 6) is -1.30. The summed E-state index contributed by atoms with van der Waals surface area (Å²) in [7, 11) is 1.83. The van der Waals surface area contributed by atoms with Crippen molar-refractivity contribution in [3.8, 4) is 0 Å². The number of aromatic nitrogens is 3. The van der Waals surface area contributed by atoms with Gasteiger partial charge in [0.25, 0.3) is 0 Å². The summed E-state index contributed by atoms with van der Waals surface area (Å²) < 4.78 is 27.5. The molecule has 0 aliphatic rings. The third kappa shape index (κ3) is 2.99. The third-order valence-corrected chi connectivity index (χ3v) is 2.27. The monoisotopic (exact) mass is 238 g/mol. The van der Waals surface area contributed by atoms with Crippen LogP contribution in [0.5, 0.6) is 0 Å². The van der Waals surface area contributed by atoms with Gasteiger partial charge in [0.05, 0.1) is 12.4 Å². The topological polar surface area (TPSA) is 42.7 Å². The van der Waals surface area contributed by atoms with Crippen LogP contribution in [0.15, 0.2) is 24.7 Å². The van der Waals surface area contributed by atoms with Crippen molar-refractivity contribution in [2.75, 3.05) is 11.9 Å². The van der Waals surface area contributed by atoms with Crippen LogP contribution in [0.25, 0.3) is 0 Å². The highest BCUT2D eigenvalue weighted by atomic mass is 19.1. The van der Waals surface area contributed by atoms with Crippen molar-refractivity contribution in [2.24, 2.45) is 7.05 Å². The SMILES string of the molecule is Cn1cc(CCNc2ncc(F)cc2F)cn1. The molecule has 6 heteroatoms. The Labute approximate surface area is 97.3 Å². The van der Waals surface area contributed by atoms with E-state index >= 15 is 0 Å². The van der Waals surface area contributed by atoms with E-state index in [9.17, 15) is 8.78 Å². The zero-order chi connectivity index (χ0) is 12.3. The molecule has 0 radical (unpaired) electrons. The minimum atomic E-state index is -0.684. The van der Waals surface area contributed by atoms with Gasteiger partial charge in [0.2, 0.25) is 0 Å². The minimum Gasteiger partial charge on any atom is -0.367 e. The van der Waals surface area contributed by atoms with E-state index in [0.29, 0.717) is 13.0 Å². The molecular formula is C11H12F2N4. The standard InChI is InChI=1S/C11H12F2N4/c1-17-7-8(5-16-17)2-3-14-11-10(13)4-9(12)6-15-11/h4-7H,2-3H2,1H3,(H,14,15). The highest BCUT2D eigenvalue weighted by Crippen LogP contribution is 2.11. The zero-order valence-corrected chi connectivity index (χ0v) is 9.32. The first-order chi connectivity index (χ1) is 8.15. The minimum absolute atomic E-state index is 0.0651. The number of hydrogen-bond donors (Lipinski definition) is 1. The molecular weight excluding hydrogens is 226 g/mol. The van der Waals surface area contributed by atoms with Crippen LogP contribution in [0.4, 0.5) is 14.6 Å². The van der Waals surface area contributed by atoms with E-state index in [4.69, 9.17) is 0 Å². The Morgan fingerprint density at radius 1 is 1.35 bits per heavy atom. The Bertz CT molecular complexity index is 510. The molecule has 0 aromatic carbocycles. The largest absolute Gasteiger partial charge is 0.367 e. The van der Waals surface area contributed by atoms with Gasteiger partial charge in [-0.2, -0.15) is 5.10 Å². The second-order valence-electron chi connectivity index (χ2n) is 3.68. The molecule has 90 valence electrons. The molecule has 4 nitrogen and oxygen atoms in total. The van der Waals surface area contributed by atoms with Crippen LogP contribution in [0, 0.1) is 11.6 Å². The molecule has 2 aromatic rings. The maximum atomic E-state index is 13.2. The molecule has 0 fully saturated rings. The predicted molar refractivity (Wildman–Crippen MR) is 59.6 cm³/mol. The summed E-state index contributed by atoms with van der Waals surface area (Å²) >= 11 is 0. The lowest BCUT2D eigenvalue weighted by Gasteiger charge is -2.05. The van der Waals surface area contributed by atoms with Gasteiger partial charge in [0.15, 0.2) is 11.6 Å². The molecule has 0 unspecified atom stereocenters. The lowest BCUT2D eigenvalue weighted by molar-refractivity contribution is 0.575. The lowest BCUT2D eigenvalue weighted by atomic mass is 10.2. The number of hydrogen-bond acceptors (Lipinski definition) is 3. The molecule has 0 aliphatic carbocycles. The van der Waals surface area contributed by atoms with Gasteiger partial charge in [-0.3, -0.25) is 4.68 Å². The molecule has 1 N–H and O–H groups in total. The van der Waals surface area contributed by atoms with Gasteiger partial charge in [-0.25, -0.2) is 13.8 Å². The number of aryl methyl sites for hydroxylation is 1. The maximum Gasteiger partial charge on any atom is 0.168 e. The first-order valence-electron chi connectivity index (χ1n) is 5.17. The highest BCUT2D eigenvalue weighted by Gasteiger charge is 2.04. The van der Waals surface area contributed by atoms with Gasteiger partial charge in [0, 0.05) is 25.9 Å². The summed E-state index contributed by atoms with van der Waals surface area (Å²) in [6.45, 7) is 0.515. The normalized spacial score (nSPS) is 10.5. The Kier molecular flexibility index (Phi) is 3.32. The van der Waals surface area contributed by atoms with Gasteiger partial charge in [0.1, 0.15) is 5.82 Å². The van der Waals surface area contributed by atoms with Crippen LogP contribution < -0.4 is 5.32 Å². The van der Waals surface area contributed by atoms with Gasteiger partial charge in [-0.15, -0.1) is 0 Å². The van der Waals surface area contributed by atoms with Gasteiger partial charge in [-0.05, 0) is 12.0 Å². The van der Waals surface area contributed by atoms with E-state index in [1.165, 1.54) is 0 Å². The molecule has 0 spiro atoms. The van der Waals surface area contributed by atoms with Crippen LogP contribution >= 0.6 is 0 Å². The van der Waals surface area contributed by atoms with Crippen molar-refractivity contribution in [2.45, 2.75) is 6.42 Å². The van der Waals surface area contributed by atoms with Crippen molar-refractivity contribution < 1.29 is 8.78 Å². The summed E-state index contributed by atoms with van der Waals surface area (Å²) in [5.41, 5.74) is 1.04. The Balaban J connectivity index is 1.90. The number of halogens is 2. The van der Waals surface area contributed by atoms with Crippen LogP contribution in [0.2, 0.25) is 0 Å². The predicted octanol–water partition coefficient (Wildman–Crippen LogP) is 1.75. The smallest absolute Gasteiger partial charge is 0.168 e. The second-order valence-corrected chi connectivity index (χ2v) is 3.68. The Hall–Kier alpha value is -1.98. The maximum absolute atomic E-state index is 13.2. The summed E-state index contributed by atoms with van der Waals surface area (Å²) in [4.78, 5) is 3.63. The van der Waals surface area contributed by atoms with Crippen molar-refractivity contribution in [3.63, 3.8) is 0 Å². The molecule has 0 aliphatic heterocycles. The fourth-order valence-electron chi connectivity index (χ4n) is 1.47. The molecule has 2 rings (SSSR count). The first kappa shape index (κ1) is 11.5. The van der Waals surface area contributed by atoms with E-state index in [2.05, 4.69) is 15.4 Å². The number of nitrogens with zero attached hydrogens (tertiary/aromatic N) is 3. The van der Waals surface area contributed by atoms with Gasteiger partial charge in [-0.1, -0.05) is 0 Å². The quantitative estimate of drug-likeness (QED) is 0.882. The van der Waals surface area contributed by atoms with Crippen molar-refractivity contribution in [3.05, 3.63) is 41.9 Å². The number of nitrogens with one attached hydrogen (secondary N) is 1. The molecule has 0 bridgehead atoms. The van der Waals surface area contributed by atoms with Crippen LogP contribution in [0.1, 0.15) is 5.56 Å². The third-order valence-electron chi connectivity index (χ3n) is 2.27. The van der Waals surface area contributed by atoms with E-state index in [1.807, 2.05) is 13.2 Å². The van der Waals surface area contributed by atoms with Gasteiger partial charge < -0.3 is 5.32 Å². The Morgan fingerprint density at radius 2 is 2.18 bits per heavy atom. The van der Waals surface area contributed by atoms with Crippen molar-refractivity contribution in [1.82, 2.24) is 14.8 Å². The molecule has 0 saturated heterocycles. The van der Waals surface area contributed by atoms with Crippen LogP contribution in [-0.4, -0.2) is 21.3 Å². The van der Waals surface area contributed by atoms with E-state index in [0.717, 1.165) is 17.8 Å². The molecule has 0 amide bonds.